The van der Waals surface area contributed by atoms with Crippen LogP contribution in [-0.2, 0) is 12.8 Å². The first-order valence-electron chi connectivity index (χ1n) is 7.36. The van der Waals surface area contributed by atoms with Gasteiger partial charge in [0.2, 0.25) is 0 Å². The van der Waals surface area contributed by atoms with Crippen LogP contribution >= 0.6 is 11.3 Å². The molecule has 0 saturated heterocycles. The van der Waals surface area contributed by atoms with Gasteiger partial charge in [-0.2, -0.15) is 16.4 Å². The maximum absolute atomic E-state index is 5.68. The van der Waals surface area contributed by atoms with Crippen LogP contribution in [0.3, 0.4) is 0 Å². The Kier molecular flexibility index (Phi) is 4.50. The summed E-state index contributed by atoms with van der Waals surface area (Å²) in [6, 6.07) is 5.16. The molecule has 3 N–H and O–H groups in total. The lowest BCUT2D eigenvalue weighted by molar-refractivity contribution is 0.455. The van der Waals surface area contributed by atoms with Gasteiger partial charge < -0.3 is 0 Å². The Labute approximate surface area is 124 Å². The van der Waals surface area contributed by atoms with E-state index in [1.54, 1.807) is 11.3 Å². The third-order valence-electron chi connectivity index (χ3n) is 4.12. The van der Waals surface area contributed by atoms with Crippen LogP contribution < -0.4 is 11.3 Å². The molecule has 0 amide bonds. The summed E-state index contributed by atoms with van der Waals surface area (Å²) in [4.78, 5) is 0. The number of hydrogen-bond donors (Lipinski definition) is 2. The predicted molar refractivity (Wildman–Crippen MR) is 82.6 cm³/mol. The third kappa shape index (κ3) is 3.29. The highest BCUT2D eigenvalue weighted by molar-refractivity contribution is 7.07. The number of nitrogens with zero attached hydrogens (tertiary/aromatic N) is 2. The van der Waals surface area contributed by atoms with Crippen LogP contribution in [-0.4, -0.2) is 15.8 Å². The molecule has 0 spiro atoms. The maximum atomic E-state index is 5.68. The minimum atomic E-state index is 0.247. The zero-order valence-electron chi connectivity index (χ0n) is 11.7. The lowest BCUT2D eigenvalue weighted by Gasteiger charge is -2.14. The van der Waals surface area contributed by atoms with E-state index in [1.165, 1.54) is 31.2 Å². The number of aromatic nitrogens is 2. The monoisotopic (exact) mass is 290 g/mol. The highest BCUT2D eigenvalue weighted by atomic mass is 32.1. The Bertz CT molecular complexity index is 514. The van der Waals surface area contributed by atoms with Gasteiger partial charge in [0.25, 0.3) is 0 Å². The smallest absolute Gasteiger partial charge is 0.0640 e. The fourth-order valence-electron chi connectivity index (χ4n) is 2.99. The molecule has 1 saturated carbocycles. The lowest BCUT2D eigenvalue weighted by atomic mass is 10.1. The van der Waals surface area contributed by atoms with Gasteiger partial charge in [0.05, 0.1) is 11.7 Å². The topological polar surface area (TPSA) is 55.9 Å². The van der Waals surface area contributed by atoms with Crippen LogP contribution in [0, 0.1) is 0 Å². The van der Waals surface area contributed by atoms with E-state index in [2.05, 4.69) is 39.2 Å². The minimum absolute atomic E-state index is 0.247. The Morgan fingerprint density at radius 1 is 1.35 bits per heavy atom. The van der Waals surface area contributed by atoms with E-state index in [1.807, 2.05) is 0 Å². The van der Waals surface area contributed by atoms with Crippen LogP contribution in [0.25, 0.3) is 0 Å². The van der Waals surface area contributed by atoms with Crippen molar-refractivity contribution < 1.29 is 0 Å². The molecule has 0 bridgehead atoms. The van der Waals surface area contributed by atoms with E-state index >= 15 is 0 Å². The minimum Gasteiger partial charge on any atom is -0.271 e. The molecule has 0 radical (unpaired) electrons. The maximum Gasteiger partial charge on any atom is 0.0640 e. The van der Waals surface area contributed by atoms with Crippen molar-refractivity contribution in [3.05, 3.63) is 40.3 Å². The fraction of sp³-hybridized carbons (Fsp3) is 0.533. The van der Waals surface area contributed by atoms with Crippen LogP contribution in [0.15, 0.2) is 29.1 Å². The molecule has 108 valence electrons. The van der Waals surface area contributed by atoms with Gasteiger partial charge in [-0.1, -0.05) is 12.8 Å². The SMILES string of the molecule is NNC(Cc1ccsc1)Cc1ccn(C2CCCC2)n1. The summed E-state index contributed by atoms with van der Waals surface area (Å²) in [5, 5.41) is 9.02. The van der Waals surface area contributed by atoms with Crippen molar-refractivity contribution in [3.63, 3.8) is 0 Å². The number of hydrazine groups is 1. The van der Waals surface area contributed by atoms with Crippen LogP contribution in [0.2, 0.25) is 0 Å². The highest BCUT2D eigenvalue weighted by Crippen LogP contribution is 2.28. The molecule has 1 unspecified atom stereocenters. The summed E-state index contributed by atoms with van der Waals surface area (Å²) in [7, 11) is 0. The summed E-state index contributed by atoms with van der Waals surface area (Å²) in [6.45, 7) is 0. The number of nitrogens with two attached hydrogens (primary N) is 1. The average Bonchev–Trinajstić information content (AvgIpc) is 3.20. The molecular formula is C15H22N4S. The molecule has 20 heavy (non-hydrogen) atoms. The van der Waals surface area contributed by atoms with Crippen molar-refractivity contribution in [1.29, 1.82) is 0 Å². The molecule has 1 aliphatic rings. The van der Waals surface area contributed by atoms with Gasteiger partial charge in [0, 0.05) is 18.7 Å². The van der Waals surface area contributed by atoms with E-state index in [9.17, 15) is 0 Å². The van der Waals surface area contributed by atoms with E-state index in [-0.39, 0.29) is 6.04 Å². The summed E-state index contributed by atoms with van der Waals surface area (Å²) < 4.78 is 2.15. The van der Waals surface area contributed by atoms with E-state index in [4.69, 9.17) is 10.9 Å². The zero-order chi connectivity index (χ0) is 13.8. The molecular weight excluding hydrogens is 268 g/mol. The van der Waals surface area contributed by atoms with E-state index in [0.29, 0.717) is 6.04 Å². The second-order valence-corrected chi connectivity index (χ2v) is 6.41. The molecule has 4 nitrogen and oxygen atoms in total. The van der Waals surface area contributed by atoms with E-state index in [0.717, 1.165) is 18.5 Å². The quantitative estimate of drug-likeness (QED) is 0.635. The summed E-state index contributed by atoms with van der Waals surface area (Å²) in [6.07, 6.45) is 9.19. The van der Waals surface area contributed by atoms with Gasteiger partial charge in [0.15, 0.2) is 0 Å². The fourth-order valence-corrected chi connectivity index (χ4v) is 3.68. The van der Waals surface area contributed by atoms with Gasteiger partial charge in [-0.15, -0.1) is 0 Å². The molecule has 1 aliphatic carbocycles. The highest BCUT2D eigenvalue weighted by Gasteiger charge is 2.18. The molecule has 1 atom stereocenters. The predicted octanol–water partition coefficient (Wildman–Crippen LogP) is 2.68. The van der Waals surface area contributed by atoms with Crippen molar-refractivity contribution in [2.75, 3.05) is 0 Å². The molecule has 2 aromatic rings. The van der Waals surface area contributed by atoms with Gasteiger partial charge in [-0.25, -0.2) is 0 Å². The average molecular weight is 290 g/mol. The van der Waals surface area contributed by atoms with Gasteiger partial charge in [0.1, 0.15) is 0 Å². The van der Waals surface area contributed by atoms with Crippen molar-refractivity contribution >= 4 is 11.3 Å². The second kappa shape index (κ2) is 6.52. The summed E-state index contributed by atoms with van der Waals surface area (Å²) >= 11 is 1.73. The Morgan fingerprint density at radius 3 is 2.90 bits per heavy atom. The van der Waals surface area contributed by atoms with Crippen molar-refractivity contribution in [3.8, 4) is 0 Å². The summed E-state index contributed by atoms with van der Waals surface area (Å²) in [5.74, 6) is 5.68. The molecule has 0 aromatic carbocycles. The van der Waals surface area contributed by atoms with Gasteiger partial charge >= 0.3 is 0 Å². The Balaban J connectivity index is 1.60. The van der Waals surface area contributed by atoms with Crippen molar-refractivity contribution in [1.82, 2.24) is 15.2 Å². The van der Waals surface area contributed by atoms with Gasteiger partial charge in [-0.3, -0.25) is 16.0 Å². The van der Waals surface area contributed by atoms with Crippen LogP contribution in [0.1, 0.15) is 43.0 Å². The zero-order valence-corrected chi connectivity index (χ0v) is 12.5. The Morgan fingerprint density at radius 2 is 2.20 bits per heavy atom. The first-order valence-corrected chi connectivity index (χ1v) is 8.30. The summed E-state index contributed by atoms with van der Waals surface area (Å²) in [5.41, 5.74) is 5.40. The van der Waals surface area contributed by atoms with Gasteiger partial charge in [-0.05, 0) is 47.7 Å². The molecule has 1 fully saturated rings. The molecule has 2 aromatic heterocycles. The van der Waals surface area contributed by atoms with E-state index < -0.39 is 0 Å². The third-order valence-corrected chi connectivity index (χ3v) is 4.85. The number of hydrogen-bond acceptors (Lipinski definition) is 4. The van der Waals surface area contributed by atoms with Crippen molar-refractivity contribution in [2.24, 2.45) is 5.84 Å². The standard InChI is InChI=1S/C15H22N4S/c16-17-14(9-12-6-8-20-11-12)10-13-5-7-19(18-13)15-3-1-2-4-15/h5-8,11,14-15,17H,1-4,9-10,16H2. The van der Waals surface area contributed by atoms with Crippen molar-refractivity contribution in [2.45, 2.75) is 50.6 Å². The number of nitrogens with one attached hydrogen (secondary N) is 1. The number of thiophene rings is 1. The molecule has 2 heterocycles. The number of rotatable bonds is 6. The second-order valence-electron chi connectivity index (χ2n) is 5.63. The van der Waals surface area contributed by atoms with Crippen LogP contribution in [0.4, 0.5) is 0 Å². The van der Waals surface area contributed by atoms with Crippen LogP contribution in [0.5, 0.6) is 0 Å². The Hall–Kier alpha value is -1.17. The first-order chi connectivity index (χ1) is 9.85. The molecule has 0 aliphatic heterocycles. The normalized spacial score (nSPS) is 17.6. The lowest BCUT2D eigenvalue weighted by Crippen LogP contribution is -2.38. The molecule has 3 rings (SSSR count). The largest absolute Gasteiger partial charge is 0.271 e. The first kappa shape index (κ1) is 13.8. The molecule has 5 heteroatoms.